The molecule has 0 aromatic carbocycles. The Morgan fingerprint density at radius 1 is 0.277 bits per heavy atom. The van der Waals surface area contributed by atoms with Crippen molar-refractivity contribution in [3.8, 4) is 0 Å². The predicted molar refractivity (Wildman–Crippen MR) is 206 cm³/mol. The van der Waals surface area contributed by atoms with Gasteiger partial charge >= 0.3 is 0 Å². The zero-order valence-corrected chi connectivity index (χ0v) is 32.7. The number of hydrogen-bond donors (Lipinski definition) is 0. The van der Waals surface area contributed by atoms with Crippen molar-refractivity contribution in [2.24, 2.45) is 5.41 Å². The van der Waals surface area contributed by atoms with E-state index in [1.165, 1.54) is 128 Å². The summed E-state index contributed by atoms with van der Waals surface area (Å²) in [4.78, 5) is 42.4. The van der Waals surface area contributed by atoms with Crippen LogP contribution < -0.4 is 0 Å². The molecule has 0 spiro atoms. The highest BCUT2D eigenvalue weighted by Gasteiger charge is 2.49. The third-order valence-electron chi connectivity index (χ3n) is 10.6. The first-order chi connectivity index (χ1) is 23.0. The molecule has 0 amide bonds. The van der Waals surface area contributed by atoms with E-state index in [0.29, 0.717) is 25.7 Å². The van der Waals surface area contributed by atoms with Crippen LogP contribution in [0.5, 0.6) is 0 Å². The lowest BCUT2D eigenvalue weighted by atomic mass is 9.68. The number of carbonyl (C=O) groups is 3. The van der Waals surface area contributed by atoms with E-state index < -0.39 is 5.41 Å². The van der Waals surface area contributed by atoms with Crippen LogP contribution in [0.15, 0.2) is 0 Å². The number of hydrogen-bond acceptors (Lipinski definition) is 3. The molecule has 0 aliphatic carbocycles. The molecule has 1 atom stereocenters. The van der Waals surface area contributed by atoms with Crippen LogP contribution in [0.2, 0.25) is 0 Å². The minimum atomic E-state index is -1.37. The summed E-state index contributed by atoms with van der Waals surface area (Å²) >= 11 is 0. The predicted octanol–water partition coefficient (Wildman–Crippen LogP) is 14.8. The number of rotatable bonds is 39. The summed E-state index contributed by atoms with van der Waals surface area (Å²) < 4.78 is 0. The van der Waals surface area contributed by atoms with Gasteiger partial charge in [-0.2, -0.15) is 0 Å². The summed E-state index contributed by atoms with van der Waals surface area (Å²) in [7, 11) is 0. The largest absolute Gasteiger partial charge is 0.298 e. The molecule has 0 aromatic heterocycles. The standard InChI is InChI=1S/C44H84O3/c1-5-9-13-17-20-22-23-25-28-32-36-40-44(41(45)37-33-29-16-12-8-4,42(46)38-34-30-26-19-15-11-7-3)43(47)39-35-31-27-24-21-18-14-10-6-2/h5-40H2,1-4H3. The maximum atomic E-state index is 14.2. The highest BCUT2D eigenvalue weighted by atomic mass is 16.2. The highest BCUT2D eigenvalue weighted by Crippen LogP contribution is 2.36. The lowest BCUT2D eigenvalue weighted by Crippen LogP contribution is -2.46. The van der Waals surface area contributed by atoms with Crippen LogP contribution in [0, 0.1) is 5.41 Å². The van der Waals surface area contributed by atoms with Gasteiger partial charge in [-0.1, -0.05) is 214 Å². The second-order valence-electron chi connectivity index (χ2n) is 15.1. The summed E-state index contributed by atoms with van der Waals surface area (Å²) in [5, 5.41) is 0. The average Bonchev–Trinajstić information content (AvgIpc) is 3.07. The van der Waals surface area contributed by atoms with E-state index in [2.05, 4.69) is 27.7 Å². The fraction of sp³-hybridized carbons (Fsp3) is 0.932. The molecule has 3 heteroatoms. The summed E-state index contributed by atoms with van der Waals surface area (Å²) in [5.74, 6) is -0.0911. The van der Waals surface area contributed by atoms with Gasteiger partial charge in [-0.3, -0.25) is 14.4 Å². The van der Waals surface area contributed by atoms with Gasteiger partial charge in [-0.05, 0) is 25.7 Å². The van der Waals surface area contributed by atoms with Crippen molar-refractivity contribution < 1.29 is 14.4 Å². The van der Waals surface area contributed by atoms with Gasteiger partial charge in [-0.15, -0.1) is 0 Å². The normalized spacial score (nSPS) is 12.8. The van der Waals surface area contributed by atoms with E-state index in [4.69, 9.17) is 0 Å². The van der Waals surface area contributed by atoms with Crippen molar-refractivity contribution in [2.45, 2.75) is 259 Å². The Balaban J connectivity index is 5.34. The molecule has 47 heavy (non-hydrogen) atoms. The minimum Gasteiger partial charge on any atom is -0.298 e. The summed E-state index contributed by atoms with van der Waals surface area (Å²) in [6, 6.07) is 0. The SMILES string of the molecule is CCCCCCCCCCCCCC(C(=O)CCCCCCC)(C(=O)CCCCCCCCC)C(=O)CCCCCCCCCCC. The molecular weight excluding hydrogens is 576 g/mol. The third-order valence-corrected chi connectivity index (χ3v) is 10.6. The molecule has 0 aliphatic rings. The van der Waals surface area contributed by atoms with Crippen molar-refractivity contribution >= 4 is 17.3 Å². The molecule has 3 nitrogen and oxygen atoms in total. The lowest BCUT2D eigenvalue weighted by molar-refractivity contribution is -0.150. The molecular formula is C44H84O3. The van der Waals surface area contributed by atoms with Gasteiger partial charge < -0.3 is 0 Å². The molecule has 0 saturated carbocycles. The number of unbranched alkanes of at least 4 members (excludes halogenated alkanes) is 28. The molecule has 278 valence electrons. The van der Waals surface area contributed by atoms with Gasteiger partial charge in [-0.25, -0.2) is 0 Å². The Labute approximate surface area is 295 Å². The highest BCUT2D eigenvalue weighted by molar-refractivity contribution is 6.24. The quantitative estimate of drug-likeness (QED) is 0.0487. The van der Waals surface area contributed by atoms with Crippen LogP contribution >= 0.6 is 0 Å². The van der Waals surface area contributed by atoms with Crippen molar-refractivity contribution in [3.05, 3.63) is 0 Å². The number of Topliss-reactive ketones (excluding diaryl/α,β-unsaturated/α-hetero) is 3. The maximum absolute atomic E-state index is 14.2. The molecule has 0 heterocycles. The fourth-order valence-electron chi connectivity index (χ4n) is 7.31. The van der Waals surface area contributed by atoms with E-state index in [1.807, 2.05) is 0 Å². The van der Waals surface area contributed by atoms with Crippen molar-refractivity contribution in [3.63, 3.8) is 0 Å². The molecule has 0 bridgehead atoms. The van der Waals surface area contributed by atoms with Gasteiger partial charge in [0.2, 0.25) is 0 Å². The Hall–Kier alpha value is -0.990. The Morgan fingerprint density at radius 3 is 0.702 bits per heavy atom. The van der Waals surface area contributed by atoms with E-state index in [1.54, 1.807) is 0 Å². The average molecular weight is 661 g/mol. The first-order valence-electron chi connectivity index (χ1n) is 21.6. The molecule has 0 N–H and O–H groups in total. The number of ketones is 3. The molecule has 0 saturated heterocycles. The molecule has 0 aliphatic heterocycles. The topological polar surface area (TPSA) is 51.2 Å². The zero-order chi connectivity index (χ0) is 34.7. The van der Waals surface area contributed by atoms with E-state index in [-0.39, 0.29) is 17.3 Å². The zero-order valence-electron chi connectivity index (χ0n) is 32.7. The Kier molecular flexibility index (Phi) is 34.1. The second-order valence-corrected chi connectivity index (χ2v) is 15.1. The van der Waals surface area contributed by atoms with Crippen molar-refractivity contribution in [1.82, 2.24) is 0 Å². The molecule has 0 fully saturated rings. The first kappa shape index (κ1) is 46.0. The van der Waals surface area contributed by atoms with Gasteiger partial charge in [0.1, 0.15) is 5.41 Å². The van der Waals surface area contributed by atoms with Gasteiger partial charge in [0.05, 0.1) is 0 Å². The summed E-state index contributed by atoms with van der Waals surface area (Å²) in [6.45, 7) is 8.96. The van der Waals surface area contributed by atoms with Crippen LogP contribution in [-0.4, -0.2) is 17.3 Å². The van der Waals surface area contributed by atoms with Gasteiger partial charge in [0.25, 0.3) is 0 Å². The van der Waals surface area contributed by atoms with Gasteiger partial charge in [0, 0.05) is 19.3 Å². The van der Waals surface area contributed by atoms with E-state index in [0.717, 1.165) is 77.0 Å². The molecule has 0 rings (SSSR count). The first-order valence-corrected chi connectivity index (χ1v) is 21.6. The van der Waals surface area contributed by atoms with Crippen molar-refractivity contribution in [1.29, 1.82) is 0 Å². The lowest BCUT2D eigenvalue weighted by Gasteiger charge is -2.30. The van der Waals surface area contributed by atoms with Gasteiger partial charge in [0.15, 0.2) is 17.3 Å². The summed E-state index contributed by atoms with van der Waals surface area (Å²) in [5.41, 5.74) is -1.37. The fourth-order valence-corrected chi connectivity index (χ4v) is 7.31. The van der Waals surface area contributed by atoms with E-state index >= 15 is 0 Å². The van der Waals surface area contributed by atoms with Crippen LogP contribution in [0.3, 0.4) is 0 Å². The summed E-state index contributed by atoms with van der Waals surface area (Å²) in [6.07, 6.45) is 39.3. The van der Waals surface area contributed by atoms with Crippen LogP contribution in [0.4, 0.5) is 0 Å². The second kappa shape index (κ2) is 34.9. The van der Waals surface area contributed by atoms with E-state index in [9.17, 15) is 14.4 Å². The van der Waals surface area contributed by atoms with Crippen LogP contribution in [-0.2, 0) is 14.4 Å². The van der Waals surface area contributed by atoms with Crippen LogP contribution in [0.25, 0.3) is 0 Å². The Bertz CT molecular complexity index is 713. The van der Waals surface area contributed by atoms with Crippen LogP contribution in [0.1, 0.15) is 259 Å². The minimum absolute atomic E-state index is 0.0287. The maximum Gasteiger partial charge on any atom is 0.153 e. The molecule has 0 aromatic rings. The Morgan fingerprint density at radius 2 is 0.468 bits per heavy atom. The molecule has 0 radical (unpaired) electrons. The number of carbonyl (C=O) groups excluding carboxylic acids is 3. The smallest absolute Gasteiger partial charge is 0.153 e. The monoisotopic (exact) mass is 661 g/mol. The third kappa shape index (κ3) is 24.7. The molecule has 1 unspecified atom stereocenters. The van der Waals surface area contributed by atoms with Crippen molar-refractivity contribution in [2.75, 3.05) is 0 Å².